The molecule has 0 aliphatic carbocycles. The molecule has 2 aromatic rings. The summed E-state index contributed by atoms with van der Waals surface area (Å²) in [6, 6.07) is 5.65. The maximum atomic E-state index is 12.8. The van der Waals surface area contributed by atoms with Crippen molar-refractivity contribution in [3.8, 4) is 0 Å². The van der Waals surface area contributed by atoms with Gasteiger partial charge < -0.3 is 5.32 Å². The van der Waals surface area contributed by atoms with E-state index in [0.29, 0.717) is 17.0 Å². The molecule has 0 unspecified atom stereocenters. The van der Waals surface area contributed by atoms with Crippen molar-refractivity contribution >= 4 is 15.9 Å². The summed E-state index contributed by atoms with van der Waals surface area (Å²) in [4.78, 5) is 11.8. The Bertz CT molecular complexity index is 780. The summed E-state index contributed by atoms with van der Waals surface area (Å²) in [5.41, 5.74) is 1.45. The molecule has 7 nitrogen and oxygen atoms in total. The maximum Gasteiger partial charge on any atom is 0.244 e. The van der Waals surface area contributed by atoms with Crippen molar-refractivity contribution in [2.75, 3.05) is 6.54 Å². The molecule has 1 aromatic heterocycles. The number of amides is 1. The van der Waals surface area contributed by atoms with E-state index in [1.807, 2.05) is 0 Å². The quantitative estimate of drug-likeness (QED) is 0.722. The Labute approximate surface area is 133 Å². The molecular formula is C14H17FN4O3S. The fourth-order valence-corrected chi connectivity index (χ4v) is 3.38. The number of aromatic amines is 1. The van der Waals surface area contributed by atoms with Crippen LogP contribution in [0.3, 0.4) is 0 Å². The number of aryl methyl sites for hydroxylation is 2. The highest BCUT2D eigenvalue weighted by Crippen LogP contribution is 2.15. The Morgan fingerprint density at radius 2 is 1.91 bits per heavy atom. The third-order valence-corrected chi connectivity index (χ3v) is 4.82. The molecule has 0 aliphatic rings. The minimum atomic E-state index is -3.82. The van der Waals surface area contributed by atoms with Gasteiger partial charge in [0.1, 0.15) is 10.7 Å². The Kier molecular flexibility index (Phi) is 5.12. The first-order chi connectivity index (χ1) is 10.8. The molecule has 3 N–H and O–H groups in total. The molecule has 9 heteroatoms. The van der Waals surface area contributed by atoms with E-state index in [2.05, 4.69) is 20.2 Å². The number of nitrogens with one attached hydrogen (secondary N) is 3. The molecule has 0 saturated carbocycles. The number of nitrogens with zero attached hydrogens (tertiary/aromatic N) is 1. The number of hydrogen-bond donors (Lipinski definition) is 3. The molecule has 0 atom stereocenters. The number of rotatable bonds is 6. The molecule has 0 spiro atoms. The van der Waals surface area contributed by atoms with Crippen LogP contribution in [0.5, 0.6) is 0 Å². The molecule has 0 fully saturated rings. The predicted octanol–water partition coefficient (Wildman–Crippen LogP) is 0.760. The molecule has 1 heterocycles. The van der Waals surface area contributed by atoms with Crippen molar-refractivity contribution in [2.24, 2.45) is 0 Å². The Hall–Kier alpha value is -2.26. The lowest BCUT2D eigenvalue weighted by Crippen LogP contribution is -2.36. The molecule has 2 rings (SSSR count). The Morgan fingerprint density at radius 3 is 2.48 bits per heavy atom. The molecule has 1 amide bonds. The van der Waals surface area contributed by atoms with Crippen LogP contribution in [0.1, 0.15) is 17.0 Å². The van der Waals surface area contributed by atoms with Gasteiger partial charge in [-0.2, -0.15) is 5.10 Å². The van der Waals surface area contributed by atoms with Crippen LogP contribution in [0.25, 0.3) is 0 Å². The van der Waals surface area contributed by atoms with Crippen molar-refractivity contribution in [1.82, 2.24) is 20.2 Å². The number of H-pyrrole nitrogens is 1. The standard InChI is InChI=1S/C14H17FN4O3S/c1-9-14(10(2)19-18-9)23(21,22)17-8-13(20)16-7-11-3-5-12(15)6-4-11/h3-6,17H,7-8H2,1-2H3,(H,16,20)(H,18,19). The van der Waals surface area contributed by atoms with Crippen molar-refractivity contribution in [1.29, 1.82) is 0 Å². The van der Waals surface area contributed by atoms with Gasteiger partial charge >= 0.3 is 0 Å². The second kappa shape index (κ2) is 6.88. The van der Waals surface area contributed by atoms with Crippen LogP contribution < -0.4 is 10.0 Å². The Morgan fingerprint density at radius 1 is 1.26 bits per heavy atom. The van der Waals surface area contributed by atoms with Gasteiger partial charge in [-0.05, 0) is 31.5 Å². The molecule has 23 heavy (non-hydrogen) atoms. The van der Waals surface area contributed by atoms with E-state index in [-0.39, 0.29) is 17.3 Å². The van der Waals surface area contributed by atoms with E-state index in [1.165, 1.54) is 24.3 Å². The first-order valence-corrected chi connectivity index (χ1v) is 8.30. The van der Waals surface area contributed by atoms with Gasteiger partial charge in [-0.15, -0.1) is 0 Å². The summed E-state index contributed by atoms with van der Waals surface area (Å²) >= 11 is 0. The lowest BCUT2D eigenvalue weighted by molar-refractivity contribution is -0.120. The van der Waals surface area contributed by atoms with E-state index >= 15 is 0 Å². The topological polar surface area (TPSA) is 104 Å². The van der Waals surface area contributed by atoms with Crippen LogP contribution in [0.2, 0.25) is 0 Å². The minimum absolute atomic E-state index is 0.0452. The summed E-state index contributed by atoms with van der Waals surface area (Å²) in [5, 5.41) is 8.95. The van der Waals surface area contributed by atoms with Gasteiger partial charge in [0.15, 0.2) is 0 Å². The summed E-state index contributed by atoms with van der Waals surface area (Å²) in [6.45, 7) is 2.94. The highest BCUT2D eigenvalue weighted by atomic mass is 32.2. The zero-order chi connectivity index (χ0) is 17.0. The lowest BCUT2D eigenvalue weighted by atomic mass is 10.2. The molecule has 0 aliphatic heterocycles. The van der Waals surface area contributed by atoms with Gasteiger partial charge in [-0.1, -0.05) is 12.1 Å². The summed E-state index contributed by atoms with van der Waals surface area (Å²) in [5.74, 6) is -0.851. The van der Waals surface area contributed by atoms with Crippen LogP contribution in [0.15, 0.2) is 29.2 Å². The van der Waals surface area contributed by atoms with Crippen molar-refractivity contribution in [3.05, 3.63) is 47.0 Å². The average Bonchev–Trinajstić information content (AvgIpc) is 2.84. The third-order valence-electron chi connectivity index (χ3n) is 3.15. The number of aromatic nitrogens is 2. The van der Waals surface area contributed by atoms with Crippen LogP contribution in [-0.4, -0.2) is 31.1 Å². The van der Waals surface area contributed by atoms with Crippen molar-refractivity contribution in [2.45, 2.75) is 25.3 Å². The number of carbonyl (C=O) groups excluding carboxylic acids is 1. The predicted molar refractivity (Wildman–Crippen MR) is 81.5 cm³/mol. The number of benzene rings is 1. The second-order valence-electron chi connectivity index (χ2n) is 4.99. The normalized spacial score (nSPS) is 11.4. The smallest absolute Gasteiger partial charge is 0.244 e. The number of hydrogen-bond acceptors (Lipinski definition) is 4. The molecule has 1 aromatic carbocycles. The number of halogens is 1. The van der Waals surface area contributed by atoms with Crippen LogP contribution in [0.4, 0.5) is 4.39 Å². The fraction of sp³-hybridized carbons (Fsp3) is 0.286. The Balaban J connectivity index is 1.90. The third kappa shape index (κ3) is 4.36. The largest absolute Gasteiger partial charge is 0.351 e. The van der Waals surface area contributed by atoms with E-state index in [4.69, 9.17) is 0 Å². The monoisotopic (exact) mass is 340 g/mol. The first kappa shape index (κ1) is 17.1. The lowest BCUT2D eigenvalue weighted by Gasteiger charge is -2.08. The summed E-state index contributed by atoms with van der Waals surface area (Å²) in [6.07, 6.45) is 0. The van der Waals surface area contributed by atoms with E-state index in [0.717, 1.165) is 0 Å². The van der Waals surface area contributed by atoms with Crippen LogP contribution >= 0.6 is 0 Å². The molecule has 0 radical (unpaired) electrons. The van der Waals surface area contributed by atoms with E-state index in [9.17, 15) is 17.6 Å². The molecule has 0 saturated heterocycles. The summed E-state index contributed by atoms with van der Waals surface area (Å²) in [7, 11) is -3.82. The minimum Gasteiger partial charge on any atom is -0.351 e. The zero-order valence-electron chi connectivity index (χ0n) is 12.7. The van der Waals surface area contributed by atoms with E-state index in [1.54, 1.807) is 13.8 Å². The van der Waals surface area contributed by atoms with Gasteiger partial charge in [-0.3, -0.25) is 9.89 Å². The summed E-state index contributed by atoms with van der Waals surface area (Å²) < 4.78 is 39.3. The molecule has 0 bridgehead atoms. The van der Waals surface area contributed by atoms with Gasteiger partial charge in [0, 0.05) is 6.54 Å². The number of carbonyl (C=O) groups is 1. The first-order valence-electron chi connectivity index (χ1n) is 6.82. The fourth-order valence-electron chi connectivity index (χ4n) is 2.03. The van der Waals surface area contributed by atoms with Crippen molar-refractivity contribution in [3.63, 3.8) is 0 Å². The average molecular weight is 340 g/mol. The highest BCUT2D eigenvalue weighted by Gasteiger charge is 2.22. The second-order valence-corrected chi connectivity index (χ2v) is 6.69. The van der Waals surface area contributed by atoms with Crippen molar-refractivity contribution < 1.29 is 17.6 Å². The van der Waals surface area contributed by atoms with Crippen LogP contribution in [0, 0.1) is 19.7 Å². The van der Waals surface area contributed by atoms with E-state index < -0.39 is 22.5 Å². The zero-order valence-corrected chi connectivity index (χ0v) is 13.5. The molecule has 124 valence electrons. The SMILES string of the molecule is Cc1n[nH]c(C)c1S(=O)(=O)NCC(=O)NCc1ccc(F)cc1. The van der Waals surface area contributed by atoms with Gasteiger partial charge in [0.25, 0.3) is 0 Å². The maximum absolute atomic E-state index is 12.8. The number of sulfonamides is 1. The van der Waals surface area contributed by atoms with Gasteiger partial charge in [0.05, 0.1) is 17.9 Å². The van der Waals surface area contributed by atoms with Gasteiger partial charge in [0.2, 0.25) is 15.9 Å². The van der Waals surface area contributed by atoms with Gasteiger partial charge in [-0.25, -0.2) is 17.5 Å². The molecular weight excluding hydrogens is 323 g/mol. The van der Waals surface area contributed by atoms with Crippen LogP contribution in [-0.2, 0) is 21.4 Å². The highest BCUT2D eigenvalue weighted by molar-refractivity contribution is 7.89.